The molecule has 27 heavy (non-hydrogen) atoms. The third kappa shape index (κ3) is 3.61. The Balaban J connectivity index is 1.68. The second-order valence-electron chi connectivity index (χ2n) is 6.63. The van der Waals surface area contributed by atoms with Crippen LogP contribution >= 0.6 is 0 Å². The first-order valence-electron chi connectivity index (χ1n) is 9.00. The summed E-state index contributed by atoms with van der Waals surface area (Å²) in [5.74, 6) is -0.242. The van der Waals surface area contributed by atoms with Gasteiger partial charge in [-0.15, -0.1) is 0 Å². The molecule has 1 aliphatic rings. The molecule has 0 saturated carbocycles. The standard InChI is InChI=1S/C23H19F2NO/c1-15-18(16-6-3-2-4-7-16)8-5-9-21(26-15)23-13-12-22(27-23)19-11-10-17(24)14-20(19)25/h2-4,6-7,10-14H,5,8-9H2,1H3. The van der Waals surface area contributed by atoms with E-state index in [1.54, 1.807) is 12.1 Å². The average Bonchev–Trinajstić information content (AvgIpc) is 3.06. The van der Waals surface area contributed by atoms with Crippen LogP contribution in [0.4, 0.5) is 8.78 Å². The monoisotopic (exact) mass is 363 g/mol. The van der Waals surface area contributed by atoms with Crippen LogP contribution in [0.5, 0.6) is 0 Å². The number of nitrogens with zero attached hydrogens (tertiary/aromatic N) is 1. The van der Waals surface area contributed by atoms with E-state index in [9.17, 15) is 8.78 Å². The first-order valence-corrected chi connectivity index (χ1v) is 9.00. The third-order valence-corrected chi connectivity index (χ3v) is 4.79. The van der Waals surface area contributed by atoms with Crippen LogP contribution in [0.25, 0.3) is 16.9 Å². The molecule has 0 atom stereocenters. The normalized spacial score (nSPS) is 14.9. The number of benzene rings is 2. The molecule has 4 heteroatoms. The highest BCUT2D eigenvalue weighted by Crippen LogP contribution is 2.31. The first-order chi connectivity index (χ1) is 13.1. The van der Waals surface area contributed by atoms with Crippen molar-refractivity contribution in [2.45, 2.75) is 26.2 Å². The van der Waals surface area contributed by atoms with Crippen LogP contribution in [0.2, 0.25) is 0 Å². The summed E-state index contributed by atoms with van der Waals surface area (Å²) in [6, 6.07) is 17.2. The summed E-state index contributed by atoms with van der Waals surface area (Å²) in [5.41, 5.74) is 4.50. The highest BCUT2D eigenvalue weighted by Gasteiger charge is 2.17. The lowest BCUT2D eigenvalue weighted by Gasteiger charge is -2.07. The molecule has 0 radical (unpaired) electrons. The van der Waals surface area contributed by atoms with Crippen molar-refractivity contribution in [1.29, 1.82) is 0 Å². The van der Waals surface area contributed by atoms with Crippen LogP contribution < -0.4 is 0 Å². The van der Waals surface area contributed by atoms with Crippen molar-refractivity contribution in [2.75, 3.05) is 0 Å². The fraction of sp³-hybridized carbons (Fsp3) is 0.174. The van der Waals surface area contributed by atoms with E-state index in [1.807, 2.05) is 25.1 Å². The highest BCUT2D eigenvalue weighted by molar-refractivity contribution is 6.00. The van der Waals surface area contributed by atoms with Crippen LogP contribution in [0.15, 0.2) is 75.8 Å². The molecule has 0 spiro atoms. The van der Waals surface area contributed by atoms with Crippen LogP contribution in [0.1, 0.15) is 37.5 Å². The van der Waals surface area contributed by atoms with Crippen LogP contribution in [-0.2, 0) is 0 Å². The summed E-state index contributed by atoms with van der Waals surface area (Å²) in [5, 5.41) is 0. The van der Waals surface area contributed by atoms with E-state index in [4.69, 9.17) is 9.41 Å². The fourth-order valence-electron chi connectivity index (χ4n) is 3.44. The number of rotatable bonds is 3. The molecule has 0 N–H and O–H groups in total. The van der Waals surface area contributed by atoms with E-state index in [0.29, 0.717) is 11.5 Å². The second-order valence-corrected chi connectivity index (χ2v) is 6.63. The lowest BCUT2D eigenvalue weighted by atomic mass is 9.99. The maximum Gasteiger partial charge on any atom is 0.149 e. The Kier molecular flexibility index (Phi) is 4.71. The van der Waals surface area contributed by atoms with Gasteiger partial charge in [0.25, 0.3) is 0 Å². The molecule has 0 saturated heterocycles. The Morgan fingerprint density at radius 3 is 2.44 bits per heavy atom. The minimum Gasteiger partial charge on any atom is -0.455 e. The topological polar surface area (TPSA) is 25.5 Å². The van der Waals surface area contributed by atoms with E-state index in [-0.39, 0.29) is 5.56 Å². The predicted octanol–water partition coefficient (Wildman–Crippen LogP) is 6.63. The minimum absolute atomic E-state index is 0.245. The van der Waals surface area contributed by atoms with Gasteiger partial charge in [-0.05, 0) is 61.6 Å². The van der Waals surface area contributed by atoms with E-state index >= 15 is 0 Å². The number of halogens is 2. The van der Waals surface area contributed by atoms with Gasteiger partial charge in [-0.25, -0.2) is 8.78 Å². The van der Waals surface area contributed by atoms with E-state index < -0.39 is 11.6 Å². The lowest BCUT2D eigenvalue weighted by molar-refractivity contribution is 0.552. The molecule has 0 aliphatic carbocycles. The van der Waals surface area contributed by atoms with Crippen molar-refractivity contribution < 1.29 is 13.2 Å². The lowest BCUT2D eigenvalue weighted by Crippen LogP contribution is -1.98. The summed E-state index contributed by atoms with van der Waals surface area (Å²) in [6.07, 6.45) is 2.69. The molecular formula is C23H19F2NO. The van der Waals surface area contributed by atoms with Crippen molar-refractivity contribution in [2.24, 2.45) is 4.99 Å². The molecule has 2 aromatic carbocycles. The summed E-state index contributed by atoms with van der Waals surface area (Å²) >= 11 is 0. The van der Waals surface area contributed by atoms with Gasteiger partial charge in [-0.1, -0.05) is 30.3 Å². The van der Waals surface area contributed by atoms with Crippen molar-refractivity contribution in [1.82, 2.24) is 0 Å². The SMILES string of the molecule is CC1=C(c2ccccc2)CCCC(c2ccc(-c3ccc(F)cc3F)o2)=N1. The molecule has 0 amide bonds. The molecule has 1 aromatic heterocycles. The molecule has 0 fully saturated rings. The van der Waals surface area contributed by atoms with Crippen LogP contribution in [0, 0.1) is 11.6 Å². The van der Waals surface area contributed by atoms with Crippen LogP contribution in [-0.4, -0.2) is 5.71 Å². The van der Waals surface area contributed by atoms with Gasteiger partial charge >= 0.3 is 0 Å². The summed E-state index contributed by atoms with van der Waals surface area (Å²) in [4.78, 5) is 4.80. The van der Waals surface area contributed by atoms with Crippen LogP contribution in [0.3, 0.4) is 0 Å². The highest BCUT2D eigenvalue weighted by atomic mass is 19.1. The molecule has 2 nitrogen and oxygen atoms in total. The number of aliphatic imine (C=N–C) groups is 1. The maximum absolute atomic E-state index is 14.0. The predicted molar refractivity (Wildman–Crippen MR) is 103 cm³/mol. The Bertz CT molecular complexity index is 1030. The molecule has 1 aliphatic heterocycles. The van der Waals surface area contributed by atoms with Crippen molar-refractivity contribution in [3.05, 3.63) is 89.3 Å². The van der Waals surface area contributed by atoms with Gasteiger partial charge in [0.15, 0.2) is 0 Å². The van der Waals surface area contributed by atoms with E-state index in [1.165, 1.54) is 23.3 Å². The Hall–Kier alpha value is -3.01. The Labute approximate surface area is 156 Å². The van der Waals surface area contributed by atoms with Gasteiger partial charge in [0.05, 0.1) is 11.3 Å². The molecule has 0 bridgehead atoms. The third-order valence-electron chi connectivity index (χ3n) is 4.79. The van der Waals surface area contributed by atoms with E-state index in [0.717, 1.165) is 36.7 Å². The number of allylic oxidation sites excluding steroid dienone is 2. The number of hydrogen-bond acceptors (Lipinski definition) is 2. The summed E-state index contributed by atoms with van der Waals surface area (Å²) in [6.45, 7) is 2.01. The molecule has 2 heterocycles. The number of furan rings is 1. The fourth-order valence-corrected chi connectivity index (χ4v) is 3.44. The second kappa shape index (κ2) is 7.31. The zero-order chi connectivity index (χ0) is 18.8. The Morgan fingerprint density at radius 1 is 0.889 bits per heavy atom. The van der Waals surface area contributed by atoms with Gasteiger partial charge in [0.2, 0.25) is 0 Å². The van der Waals surface area contributed by atoms with Gasteiger partial charge < -0.3 is 4.42 Å². The Morgan fingerprint density at radius 2 is 1.67 bits per heavy atom. The molecule has 136 valence electrons. The zero-order valence-corrected chi connectivity index (χ0v) is 15.0. The van der Waals surface area contributed by atoms with Crippen molar-refractivity contribution in [3.63, 3.8) is 0 Å². The quantitative estimate of drug-likeness (QED) is 0.513. The number of hydrogen-bond donors (Lipinski definition) is 0. The maximum atomic E-state index is 14.0. The van der Waals surface area contributed by atoms with Gasteiger partial charge in [0, 0.05) is 11.8 Å². The summed E-state index contributed by atoms with van der Waals surface area (Å²) < 4.78 is 33.0. The van der Waals surface area contributed by atoms with Gasteiger partial charge in [-0.2, -0.15) is 0 Å². The smallest absolute Gasteiger partial charge is 0.149 e. The summed E-state index contributed by atoms with van der Waals surface area (Å²) in [7, 11) is 0. The first kappa shape index (κ1) is 17.4. The zero-order valence-electron chi connectivity index (χ0n) is 15.0. The minimum atomic E-state index is -0.638. The van der Waals surface area contributed by atoms with Crippen molar-refractivity contribution in [3.8, 4) is 11.3 Å². The largest absolute Gasteiger partial charge is 0.455 e. The average molecular weight is 363 g/mol. The van der Waals surface area contributed by atoms with Gasteiger partial charge in [-0.3, -0.25) is 4.99 Å². The molecule has 4 rings (SSSR count). The van der Waals surface area contributed by atoms with Crippen molar-refractivity contribution >= 4 is 11.3 Å². The van der Waals surface area contributed by atoms with E-state index in [2.05, 4.69) is 12.1 Å². The molecule has 3 aromatic rings. The molecular weight excluding hydrogens is 344 g/mol. The molecule has 0 unspecified atom stereocenters. The van der Waals surface area contributed by atoms with Gasteiger partial charge in [0.1, 0.15) is 23.2 Å².